The van der Waals surface area contributed by atoms with Gasteiger partial charge in [0.05, 0.1) is 19.2 Å². The van der Waals surface area contributed by atoms with Gasteiger partial charge in [-0.05, 0) is 41.8 Å². The Labute approximate surface area is 168 Å². The Kier molecular flexibility index (Phi) is 6.94. The van der Waals surface area contributed by atoms with Gasteiger partial charge >= 0.3 is 5.97 Å². The second kappa shape index (κ2) is 10.0. The summed E-state index contributed by atoms with van der Waals surface area (Å²) in [6, 6.07) is 14.6. The Balaban J connectivity index is 1.38. The van der Waals surface area contributed by atoms with Crippen LogP contribution in [0.3, 0.4) is 0 Å². The third kappa shape index (κ3) is 6.17. The first-order valence-electron chi connectivity index (χ1n) is 9.12. The number of carbonyl (C=O) groups is 2. The molecule has 29 heavy (non-hydrogen) atoms. The lowest BCUT2D eigenvalue weighted by Crippen LogP contribution is -2.30. The number of esters is 1. The summed E-state index contributed by atoms with van der Waals surface area (Å²) in [6.45, 7) is 0.702. The van der Waals surface area contributed by atoms with E-state index in [1.165, 1.54) is 6.33 Å². The fraction of sp³-hybridized carbons (Fsp3) is 0.238. The van der Waals surface area contributed by atoms with Gasteiger partial charge < -0.3 is 14.8 Å². The van der Waals surface area contributed by atoms with Gasteiger partial charge in [0.1, 0.15) is 18.4 Å². The summed E-state index contributed by atoms with van der Waals surface area (Å²) >= 11 is 0. The zero-order chi connectivity index (χ0) is 20.5. The van der Waals surface area contributed by atoms with Gasteiger partial charge in [0.15, 0.2) is 6.61 Å². The Morgan fingerprint density at radius 2 is 1.76 bits per heavy atom. The molecule has 8 nitrogen and oxygen atoms in total. The molecule has 150 valence electrons. The molecule has 0 spiro atoms. The molecule has 0 saturated carbocycles. The molecule has 1 aromatic heterocycles. The third-order valence-electron chi connectivity index (χ3n) is 4.23. The quantitative estimate of drug-likeness (QED) is 0.557. The number of methoxy groups -OCH3 is 1. The van der Waals surface area contributed by atoms with Gasteiger partial charge in [0.2, 0.25) is 0 Å². The van der Waals surface area contributed by atoms with Crippen molar-refractivity contribution in [1.29, 1.82) is 0 Å². The summed E-state index contributed by atoms with van der Waals surface area (Å²) in [5.41, 5.74) is 2.44. The van der Waals surface area contributed by atoms with Crippen molar-refractivity contribution >= 4 is 11.9 Å². The molecule has 0 unspecified atom stereocenters. The monoisotopic (exact) mass is 394 g/mol. The van der Waals surface area contributed by atoms with E-state index in [1.54, 1.807) is 30.3 Å². The average molecular weight is 394 g/mol. The van der Waals surface area contributed by atoms with E-state index in [4.69, 9.17) is 9.47 Å². The predicted octanol–water partition coefficient (Wildman–Crippen LogP) is 1.85. The molecule has 0 aliphatic heterocycles. The van der Waals surface area contributed by atoms with Crippen LogP contribution in [0.2, 0.25) is 0 Å². The number of rotatable bonds is 9. The molecule has 0 radical (unpaired) electrons. The highest BCUT2D eigenvalue weighted by atomic mass is 16.5. The van der Waals surface area contributed by atoms with E-state index in [2.05, 4.69) is 15.4 Å². The molecule has 0 fully saturated rings. The van der Waals surface area contributed by atoms with Crippen LogP contribution in [0, 0.1) is 0 Å². The maximum absolute atomic E-state index is 12.1. The minimum absolute atomic E-state index is 0.317. The van der Waals surface area contributed by atoms with Crippen molar-refractivity contribution in [3.8, 4) is 5.75 Å². The molecule has 8 heteroatoms. The molecule has 1 amide bonds. The van der Waals surface area contributed by atoms with Crippen molar-refractivity contribution in [3.05, 3.63) is 77.9 Å². The molecule has 0 atom stereocenters. The summed E-state index contributed by atoms with van der Waals surface area (Å²) in [5.74, 6) is -0.0894. The second-order valence-corrected chi connectivity index (χ2v) is 6.31. The Morgan fingerprint density at radius 3 is 2.41 bits per heavy atom. The molecule has 1 N–H and O–H groups in total. The van der Waals surface area contributed by atoms with Crippen LogP contribution in [-0.2, 0) is 22.5 Å². The summed E-state index contributed by atoms with van der Waals surface area (Å²) in [7, 11) is 1.61. The van der Waals surface area contributed by atoms with Crippen LogP contribution in [0.4, 0.5) is 0 Å². The average Bonchev–Trinajstić information content (AvgIpc) is 3.26. The number of amides is 1. The molecule has 1 heterocycles. The summed E-state index contributed by atoms with van der Waals surface area (Å²) < 4.78 is 11.9. The van der Waals surface area contributed by atoms with Crippen molar-refractivity contribution < 1.29 is 19.1 Å². The number of nitrogens with one attached hydrogen (secondary N) is 1. The van der Waals surface area contributed by atoms with Gasteiger partial charge in [0, 0.05) is 6.54 Å². The van der Waals surface area contributed by atoms with Crippen molar-refractivity contribution in [2.45, 2.75) is 13.0 Å². The van der Waals surface area contributed by atoms with E-state index < -0.39 is 5.97 Å². The number of carbonyl (C=O) groups excluding carboxylic acids is 2. The Morgan fingerprint density at radius 1 is 1.03 bits per heavy atom. The maximum Gasteiger partial charge on any atom is 0.338 e. The number of ether oxygens (including phenoxy) is 2. The highest BCUT2D eigenvalue weighted by molar-refractivity contribution is 5.91. The lowest BCUT2D eigenvalue weighted by molar-refractivity contribution is -0.124. The van der Waals surface area contributed by atoms with Crippen LogP contribution < -0.4 is 10.1 Å². The van der Waals surface area contributed by atoms with E-state index >= 15 is 0 Å². The standard InChI is InChI=1S/C21H22N4O4/c1-28-19-8-4-16(5-9-19)10-11-23-20(26)13-29-21(27)18-6-2-17(3-7-18)12-25-15-22-14-24-25/h2-9,14-15H,10-13H2,1H3,(H,23,26). The Hall–Kier alpha value is -3.68. The van der Waals surface area contributed by atoms with E-state index in [1.807, 2.05) is 36.4 Å². The van der Waals surface area contributed by atoms with E-state index in [0.29, 0.717) is 25.1 Å². The third-order valence-corrected chi connectivity index (χ3v) is 4.23. The zero-order valence-electron chi connectivity index (χ0n) is 16.1. The first-order valence-corrected chi connectivity index (χ1v) is 9.12. The van der Waals surface area contributed by atoms with Gasteiger partial charge in [-0.15, -0.1) is 0 Å². The van der Waals surface area contributed by atoms with Crippen molar-refractivity contribution in [2.24, 2.45) is 0 Å². The van der Waals surface area contributed by atoms with Gasteiger partial charge in [-0.1, -0.05) is 24.3 Å². The number of nitrogens with zero attached hydrogens (tertiary/aromatic N) is 3. The van der Waals surface area contributed by atoms with Crippen LogP contribution in [0.25, 0.3) is 0 Å². The number of benzene rings is 2. The summed E-state index contributed by atoms with van der Waals surface area (Å²) in [5, 5.41) is 6.77. The van der Waals surface area contributed by atoms with Gasteiger partial charge in [-0.3, -0.25) is 4.79 Å². The number of aromatic nitrogens is 3. The lowest BCUT2D eigenvalue weighted by atomic mass is 10.1. The molecule has 0 bridgehead atoms. The normalized spacial score (nSPS) is 10.4. The highest BCUT2D eigenvalue weighted by Crippen LogP contribution is 2.11. The SMILES string of the molecule is COc1ccc(CCNC(=O)COC(=O)c2ccc(Cn3cncn3)cc2)cc1. The summed E-state index contributed by atoms with van der Waals surface area (Å²) in [6.07, 6.45) is 3.76. The van der Waals surface area contributed by atoms with E-state index in [0.717, 1.165) is 16.9 Å². The van der Waals surface area contributed by atoms with Crippen LogP contribution in [0.15, 0.2) is 61.2 Å². The zero-order valence-corrected chi connectivity index (χ0v) is 16.1. The second-order valence-electron chi connectivity index (χ2n) is 6.31. The molecule has 3 aromatic rings. The maximum atomic E-state index is 12.1. The first kappa shape index (κ1) is 20.1. The van der Waals surface area contributed by atoms with Crippen LogP contribution >= 0.6 is 0 Å². The number of hydrogen-bond donors (Lipinski definition) is 1. The lowest BCUT2D eigenvalue weighted by Gasteiger charge is -2.08. The molecular weight excluding hydrogens is 372 g/mol. The minimum atomic E-state index is -0.539. The van der Waals surface area contributed by atoms with Crippen molar-refractivity contribution in [1.82, 2.24) is 20.1 Å². The van der Waals surface area contributed by atoms with Crippen LogP contribution in [0.5, 0.6) is 5.75 Å². The Bertz CT molecular complexity index is 922. The summed E-state index contributed by atoms with van der Waals surface area (Å²) in [4.78, 5) is 27.9. The van der Waals surface area contributed by atoms with Crippen LogP contribution in [-0.4, -0.2) is 46.9 Å². The fourth-order valence-electron chi connectivity index (χ4n) is 2.65. The van der Waals surface area contributed by atoms with Crippen molar-refractivity contribution in [2.75, 3.05) is 20.3 Å². The van der Waals surface area contributed by atoms with Gasteiger partial charge in [-0.2, -0.15) is 5.10 Å². The van der Waals surface area contributed by atoms with Crippen LogP contribution in [0.1, 0.15) is 21.5 Å². The smallest absolute Gasteiger partial charge is 0.338 e. The molecule has 0 aliphatic rings. The number of hydrogen-bond acceptors (Lipinski definition) is 6. The molecule has 3 rings (SSSR count). The largest absolute Gasteiger partial charge is 0.497 e. The molecule has 0 saturated heterocycles. The highest BCUT2D eigenvalue weighted by Gasteiger charge is 2.10. The minimum Gasteiger partial charge on any atom is -0.497 e. The van der Waals surface area contributed by atoms with E-state index in [9.17, 15) is 9.59 Å². The predicted molar refractivity (Wildman–Crippen MR) is 106 cm³/mol. The van der Waals surface area contributed by atoms with Gasteiger partial charge in [-0.25, -0.2) is 14.5 Å². The molecular formula is C21H22N4O4. The van der Waals surface area contributed by atoms with Crippen molar-refractivity contribution in [3.63, 3.8) is 0 Å². The van der Waals surface area contributed by atoms with Gasteiger partial charge in [0.25, 0.3) is 5.91 Å². The topological polar surface area (TPSA) is 95.3 Å². The fourth-order valence-corrected chi connectivity index (χ4v) is 2.65. The van der Waals surface area contributed by atoms with E-state index in [-0.39, 0.29) is 12.5 Å². The first-order chi connectivity index (χ1) is 14.1. The molecule has 2 aromatic carbocycles. The molecule has 0 aliphatic carbocycles.